The molecule has 3 rings (SSSR count). The monoisotopic (exact) mass is 315 g/mol. The number of carbonyl (C=O) groups excluding carboxylic acids is 1. The van der Waals surface area contributed by atoms with Crippen LogP contribution in [0.1, 0.15) is 12.5 Å². The van der Waals surface area contributed by atoms with Gasteiger partial charge in [0, 0.05) is 37.8 Å². The highest BCUT2D eigenvalue weighted by Crippen LogP contribution is 2.25. The summed E-state index contributed by atoms with van der Waals surface area (Å²) in [7, 11) is 0. The molecule has 2 aliphatic heterocycles. The van der Waals surface area contributed by atoms with Crippen molar-refractivity contribution in [3.05, 3.63) is 41.4 Å². The highest BCUT2D eigenvalue weighted by atomic mass is 19.1. The van der Waals surface area contributed by atoms with Crippen LogP contribution in [0.25, 0.3) is 0 Å². The highest BCUT2D eigenvalue weighted by Gasteiger charge is 2.26. The Bertz CT molecular complexity index is 719. The zero-order chi connectivity index (χ0) is 16.4. The topological polar surface area (TPSA) is 80.6 Å². The Morgan fingerprint density at radius 1 is 1.39 bits per heavy atom. The summed E-state index contributed by atoms with van der Waals surface area (Å²) in [6, 6.07) is 5.11. The summed E-state index contributed by atoms with van der Waals surface area (Å²) in [5, 5.41) is 15.4. The number of nitrogens with zero attached hydrogens (tertiary/aromatic N) is 2. The first kappa shape index (κ1) is 15.4. The Kier molecular flexibility index (Phi) is 4.20. The maximum absolute atomic E-state index is 14.9. The van der Waals surface area contributed by atoms with Crippen molar-refractivity contribution in [3.8, 4) is 0 Å². The fourth-order valence-corrected chi connectivity index (χ4v) is 2.71. The van der Waals surface area contributed by atoms with E-state index in [9.17, 15) is 9.18 Å². The second-order valence-corrected chi connectivity index (χ2v) is 5.49. The van der Waals surface area contributed by atoms with E-state index in [1.807, 2.05) is 4.90 Å². The lowest BCUT2D eigenvalue weighted by Crippen LogP contribution is -2.44. The normalized spacial score (nSPS) is 19.7. The fourth-order valence-electron chi connectivity index (χ4n) is 2.71. The van der Waals surface area contributed by atoms with Crippen LogP contribution < -0.4 is 15.6 Å². The van der Waals surface area contributed by atoms with Gasteiger partial charge in [0.25, 0.3) is 0 Å². The molecule has 0 radical (unpaired) electrons. The largest absolute Gasteiger partial charge is 0.367 e. The molecule has 0 spiro atoms. The van der Waals surface area contributed by atoms with Crippen molar-refractivity contribution in [3.63, 3.8) is 0 Å². The van der Waals surface area contributed by atoms with E-state index in [1.165, 1.54) is 13.0 Å². The third-order valence-electron chi connectivity index (χ3n) is 3.83. The second kappa shape index (κ2) is 6.29. The number of ketones is 1. The molecule has 0 unspecified atom stereocenters. The highest BCUT2D eigenvalue weighted by molar-refractivity contribution is 6.54. The lowest BCUT2D eigenvalue weighted by atomic mass is 10.0. The van der Waals surface area contributed by atoms with E-state index in [0.29, 0.717) is 11.4 Å². The van der Waals surface area contributed by atoms with Gasteiger partial charge in [-0.1, -0.05) is 6.07 Å². The van der Waals surface area contributed by atoms with E-state index >= 15 is 0 Å². The van der Waals surface area contributed by atoms with Crippen LogP contribution in [0.5, 0.6) is 0 Å². The third kappa shape index (κ3) is 3.00. The van der Waals surface area contributed by atoms with Crippen molar-refractivity contribution < 1.29 is 9.18 Å². The molecule has 0 aromatic heterocycles. The van der Waals surface area contributed by atoms with Gasteiger partial charge in [0.1, 0.15) is 11.4 Å². The summed E-state index contributed by atoms with van der Waals surface area (Å²) in [6.45, 7) is 4.49. The van der Waals surface area contributed by atoms with E-state index in [4.69, 9.17) is 5.41 Å². The van der Waals surface area contributed by atoms with E-state index in [2.05, 4.69) is 15.8 Å². The number of rotatable bonds is 3. The van der Waals surface area contributed by atoms with Gasteiger partial charge >= 0.3 is 0 Å². The quantitative estimate of drug-likeness (QED) is 0.728. The number of hydrogen-bond acceptors (Lipinski definition) is 6. The number of benzene rings is 1. The van der Waals surface area contributed by atoms with Gasteiger partial charge < -0.3 is 10.2 Å². The Morgan fingerprint density at radius 3 is 2.83 bits per heavy atom. The first-order valence-electron chi connectivity index (χ1n) is 7.47. The van der Waals surface area contributed by atoms with Gasteiger partial charge in [0.15, 0.2) is 11.6 Å². The molecule has 3 N–H and O–H groups in total. The summed E-state index contributed by atoms with van der Waals surface area (Å²) in [4.78, 5) is 13.1. The summed E-state index contributed by atoms with van der Waals surface area (Å²) >= 11 is 0. The molecule has 0 saturated carbocycles. The molecule has 0 aliphatic carbocycles. The molecule has 0 amide bonds. The maximum atomic E-state index is 14.9. The molecule has 6 nitrogen and oxygen atoms in total. The molecule has 7 heteroatoms. The average molecular weight is 315 g/mol. The maximum Gasteiger partial charge on any atom is 0.156 e. The van der Waals surface area contributed by atoms with Crippen LogP contribution in [-0.2, 0) is 4.79 Å². The molecule has 1 aromatic rings. The van der Waals surface area contributed by atoms with Gasteiger partial charge in [0.05, 0.1) is 11.4 Å². The van der Waals surface area contributed by atoms with E-state index in [-0.39, 0.29) is 28.6 Å². The van der Waals surface area contributed by atoms with Crippen molar-refractivity contribution in [2.24, 2.45) is 5.10 Å². The lowest BCUT2D eigenvalue weighted by molar-refractivity contribution is -0.112. The zero-order valence-corrected chi connectivity index (χ0v) is 12.8. The molecule has 1 fully saturated rings. The molecule has 23 heavy (non-hydrogen) atoms. The fraction of sp³-hybridized carbons (Fsp3) is 0.312. The minimum Gasteiger partial charge on any atom is -0.367 e. The van der Waals surface area contributed by atoms with Crippen LogP contribution in [0.2, 0.25) is 0 Å². The Labute approximate surface area is 133 Å². The van der Waals surface area contributed by atoms with E-state index in [1.54, 1.807) is 18.2 Å². The molecule has 0 atom stereocenters. The number of hydrazone groups is 1. The number of piperazine rings is 1. The number of hydrogen-bond donors (Lipinski definition) is 3. The Hall–Kier alpha value is -2.54. The van der Waals surface area contributed by atoms with Gasteiger partial charge in [-0.2, -0.15) is 5.10 Å². The van der Waals surface area contributed by atoms with E-state index < -0.39 is 0 Å². The van der Waals surface area contributed by atoms with Gasteiger partial charge in [-0.3, -0.25) is 15.6 Å². The van der Waals surface area contributed by atoms with Gasteiger partial charge in [0.2, 0.25) is 0 Å². The minimum absolute atomic E-state index is 0.0246. The number of anilines is 1. The summed E-state index contributed by atoms with van der Waals surface area (Å²) in [5.74, 6) is -0.576. The smallest absolute Gasteiger partial charge is 0.156 e. The predicted molar refractivity (Wildman–Crippen MR) is 87.6 cm³/mol. The Balaban J connectivity index is 1.92. The van der Waals surface area contributed by atoms with Crippen LogP contribution in [-0.4, -0.2) is 43.4 Å². The molecule has 1 saturated heterocycles. The molecular weight excluding hydrogens is 297 g/mol. The van der Waals surface area contributed by atoms with Crippen molar-refractivity contribution in [2.45, 2.75) is 6.92 Å². The molecule has 120 valence electrons. The zero-order valence-electron chi connectivity index (χ0n) is 12.8. The van der Waals surface area contributed by atoms with Gasteiger partial charge in [-0.25, -0.2) is 4.39 Å². The van der Waals surface area contributed by atoms with Crippen LogP contribution in [0.15, 0.2) is 35.1 Å². The van der Waals surface area contributed by atoms with Crippen molar-refractivity contribution in [1.82, 2.24) is 10.7 Å². The first-order chi connectivity index (χ1) is 11.1. The Morgan fingerprint density at radius 2 is 2.13 bits per heavy atom. The number of nitrogens with one attached hydrogen (secondary N) is 3. The van der Waals surface area contributed by atoms with Gasteiger partial charge in [-0.15, -0.1) is 0 Å². The molecular formula is C16H18FN5O. The number of allylic oxidation sites excluding steroid dienone is 2. The van der Waals surface area contributed by atoms with Crippen LogP contribution in [0, 0.1) is 11.2 Å². The predicted octanol–water partition coefficient (Wildman–Crippen LogP) is 1.04. The van der Waals surface area contributed by atoms with Gasteiger partial charge in [-0.05, 0) is 19.1 Å². The third-order valence-corrected chi connectivity index (χ3v) is 3.83. The summed E-state index contributed by atoms with van der Waals surface area (Å²) < 4.78 is 14.9. The first-order valence-corrected chi connectivity index (χ1v) is 7.47. The standard InChI is InChI=1S/C16H18FN5O/c1-10(23)9-12-15(18)16(21-20-12)11-3-2-4-13(14(11)17)22-7-5-19-6-8-22/h2-4,9,18-20H,5-8H2,1H3/b12-9+,18-15?. The molecule has 2 heterocycles. The minimum atomic E-state index is -0.385. The molecule has 2 aliphatic rings. The SMILES string of the molecule is CC(=O)/C=C1/NN=C(c2cccc(N3CCNCC3)c2F)C1=N. The lowest BCUT2D eigenvalue weighted by Gasteiger charge is -2.30. The van der Waals surface area contributed by atoms with Crippen molar-refractivity contribution >= 4 is 22.9 Å². The van der Waals surface area contributed by atoms with E-state index in [0.717, 1.165) is 26.2 Å². The molecule has 1 aromatic carbocycles. The van der Waals surface area contributed by atoms with Crippen LogP contribution in [0.4, 0.5) is 10.1 Å². The van der Waals surface area contributed by atoms with Crippen molar-refractivity contribution in [2.75, 3.05) is 31.1 Å². The summed E-state index contributed by atoms with van der Waals surface area (Å²) in [6.07, 6.45) is 1.29. The number of halogens is 1. The summed E-state index contributed by atoms with van der Waals surface area (Å²) in [5.41, 5.74) is 3.94. The van der Waals surface area contributed by atoms with Crippen LogP contribution in [0.3, 0.4) is 0 Å². The number of carbonyl (C=O) groups is 1. The molecule has 0 bridgehead atoms. The van der Waals surface area contributed by atoms with Crippen molar-refractivity contribution in [1.29, 1.82) is 5.41 Å². The average Bonchev–Trinajstić information content (AvgIpc) is 2.89. The van der Waals surface area contributed by atoms with Crippen LogP contribution >= 0.6 is 0 Å². The second-order valence-electron chi connectivity index (χ2n) is 5.49.